The van der Waals surface area contributed by atoms with Gasteiger partial charge in [0.2, 0.25) is 0 Å². The van der Waals surface area contributed by atoms with Gasteiger partial charge in [0.1, 0.15) is 0 Å². The molecule has 1 heterocycles. The van der Waals surface area contributed by atoms with Crippen molar-refractivity contribution in [1.29, 1.82) is 0 Å². The highest BCUT2D eigenvalue weighted by Gasteiger charge is 2.24. The van der Waals surface area contributed by atoms with Crippen LogP contribution in [0.25, 0.3) is 0 Å². The maximum atomic E-state index is 12.5. The number of nitrogens with one attached hydrogen (secondary N) is 1. The van der Waals surface area contributed by atoms with Gasteiger partial charge in [0.25, 0.3) is 5.91 Å². The highest BCUT2D eigenvalue weighted by atomic mass is 35.5. The molecule has 1 unspecified atom stereocenters. The van der Waals surface area contributed by atoms with Crippen LogP contribution in [0, 0.1) is 5.92 Å². The summed E-state index contributed by atoms with van der Waals surface area (Å²) in [7, 11) is 3.93. The van der Waals surface area contributed by atoms with E-state index in [1.807, 2.05) is 7.05 Å². The zero-order valence-electron chi connectivity index (χ0n) is 11.9. The summed E-state index contributed by atoms with van der Waals surface area (Å²) >= 11 is 5.97. The number of carbonyl (C=O) groups excluding carboxylic acids is 1. The molecule has 1 aliphatic rings. The van der Waals surface area contributed by atoms with Crippen LogP contribution >= 0.6 is 11.6 Å². The van der Waals surface area contributed by atoms with E-state index in [9.17, 15) is 4.79 Å². The molecule has 1 aromatic rings. The van der Waals surface area contributed by atoms with Crippen LogP contribution in [-0.4, -0.2) is 49.4 Å². The number of anilines is 1. The van der Waals surface area contributed by atoms with Gasteiger partial charge in [-0.2, -0.15) is 0 Å². The molecule has 5 nitrogen and oxygen atoms in total. The minimum absolute atomic E-state index is 0.0602. The zero-order valence-corrected chi connectivity index (χ0v) is 12.7. The largest absolute Gasteiger partial charge is 0.341 e. The number of nitrogens with zero attached hydrogens (tertiary/aromatic N) is 2. The molecular weight excluding hydrogens is 276 g/mol. The molecule has 1 fully saturated rings. The number of hydrogen-bond donors (Lipinski definition) is 2. The molecule has 110 valence electrons. The summed E-state index contributed by atoms with van der Waals surface area (Å²) in [6, 6.07) is 5.07. The highest BCUT2D eigenvalue weighted by Crippen LogP contribution is 2.22. The van der Waals surface area contributed by atoms with E-state index in [2.05, 4.69) is 17.4 Å². The summed E-state index contributed by atoms with van der Waals surface area (Å²) in [5.41, 5.74) is 3.65. The molecule has 1 atom stereocenters. The Kier molecular flexibility index (Phi) is 4.86. The van der Waals surface area contributed by atoms with Crippen molar-refractivity contribution in [2.45, 2.75) is 6.42 Å². The van der Waals surface area contributed by atoms with E-state index in [1.54, 1.807) is 23.1 Å². The lowest BCUT2D eigenvalue weighted by Crippen LogP contribution is -2.33. The van der Waals surface area contributed by atoms with Gasteiger partial charge >= 0.3 is 0 Å². The van der Waals surface area contributed by atoms with Gasteiger partial charge < -0.3 is 15.2 Å². The summed E-state index contributed by atoms with van der Waals surface area (Å²) in [4.78, 5) is 16.5. The third-order valence-electron chi connectivity index (χ3n) is 3.74. The predicted molar refractivity (Wildman–Crippen MR) is 81.8 cm³/mol. The molecule has 0 radical (unpaired) electrons. The second-order valence-corrected chi connectivity index (χ2v) is 5.87. The Bertz CT molecular complexity index is 494. The molecule has 0 aromatic heterocycles. The van der Waals surface area contributed by atoms with Gasteiger partial charge in [-0.15, -0.1) is 0 Å². The summed E-state index contributed by atoms with van der Waals surface area (Å²) in [6.07, 6.45) is 1.13. The topological polar surface area (TPSA) is 61.6 Å². The first kappa shape index (κ1) is 15.1. The molecule has 3 N–H and O–H groups in total. The van der Waals surface area contributed by atoms with E-state index in [0.717, 1.165) is 26.1 Å². The van der Waals surface area contributed by atoms with Gasteiger partial charge in [-0.25, -0.2) is 0 Å². The molecular formula is C14H21ClN4O. The number of halogens is 1. The Morgan fingerprint density at radius 2 is 2.35 bits per heavy atom. The van der Waals surface area contributed by atoms with Crippen LogP contribution < -0.4 is 11.3 Å². The van der Waals surface area contributed by atoms with Crippen LogP contribution in [0.1, 0.15) is 16.8 Å². The Labute approximate surface area is 124 Å². The fourth-order valence-corrected chi connectivity index (χ4v) is 2.84. The molecule has 0 aliphatic carbocycles. The van der Waals surface area contributed by atoms with Crippen molar-refractivity contribution in [2.24, 2.45) is 11.8 Å². The van der Waals surface area contributed by atoms with Crippen LogP contribution in [0.4, 0.5) is 5.69 Å². The van der Waals surface area contributed by atoms with Gasteiger partial charge in [0.05, 0.1) is 11.3 Å². The SMILES string of the molecule is CN1CCC(CN(C)C(=O)c2cc(Cl)ccc2NN)C1. The summed E-state index contributed by atoms with van der Waals surface area (Å²) < 4.78 is 0. The van der Waals surface area contributed by atoms with E-state index >= 15 is 0 Å². The smallest absolute Gasteiger partial charge is 0.255 e. The highest BCUT2D eigenvalue weighted by molar-refractivity contribution is 6.31. The van der Waals surface area contributed by atoms with Crippen molar-refractivity contribution in [3.63, 3.8) is 0 Å². The molecule has 0 bridgehead atoms. The van der Waals surface area contributed by atoms with Crippen molar-refractivity contribution in [2.75, 3.05) is 39.2 Å². The second-order valence-electron chi connectivity index (χ2n) is 5.44. The monoisotopic (exact) mass is 296 g/mol. The molecule has 0 saturated carbocycles. The number of carbonyl (C=O) groups is 1. The molecule has 1 saturated heterocycles. The third-order valence-corrected chi connectivity index (χ3v) is 3.97. The maximum absolute atomic E-state index is 12.5. The number of rotatable bonds is 4. The Morgan fingerprint density at radius 3 is 2.95 bits per heavy atom. The zero-order chi connectivity index (χ0) is 14.7. The first-order chi connectivity index (χ1) is 9.51. The number of nitrogens with two attached hydrogens (primary N) is 1. The van der Waals surface area contributed by atoms with Crippen molar-refractivity contribution in [1.82, 2.24) is 9.80 Å². The first-order valence-corrected chi connectivity index (χ1v) is 7.09. The molecule has 1 amide bonds. The fourth-order valence-electron chi connectivity index (χ4n) is 2.67. The van der Waals surface area contributed by atoms with Crippen molar-refractivity contribution in [3.05, 3.63) is 28.8 Å². The van der Waals surface area contributed by atoms with Gasteiger partial charge in [-0.05, 0) is 44.1 Å². The van der Waals surface area contributed by atoms with Crippen LogP contribution in [0.15, 0.2) is 18.2 Å². The summed E-state index contributed by atoms with van der Waals surface area (Å²) in [6.45, 7) is 2.88. The fraction of sp³-hybridized carbons (Fsp3) is 0.500. The number of likely N-dealkylation sites (tertiary alicyclic amines) is 1. The Hall–Kier alpha value is -1.30. The van der Waals surface area contributed by atoms with Crippen LogP contribution in [0.3, 0.4) is 0 Å². The van der Waals surface area contributed by atoms with E-state index in [4.69, 9.17) is 17.4 Å². The predicted octanol–water partition coefficient (Wildman–Crippen LogP) is 1.65. The number of nitrogen functional groups attached to an aromatic ring is 1. The standard InChI is InChI=1S/C14H21ClN4O/c1-18-6-5-10(8-18)9-19(2)14(20)12-7-11(15)3-4-13(12)17-16/h3-4,7,10,17H,5-6,8-9,16H2,1-2H3. The van der Waals surface area contributed by atoms with E-state index in [0.29, 0.717) is 22.2 Å². The Morgan fingerprint density at radius 1 is 1.60 bits per heavy atom. The van der Waals surface area contributed by atoms with Crippen LogP contribution in [0.2, 0.25) is 5.02 Å². The summed E-state index contributed by atoms with van der Waals surface area (Å²) in [5.74, 6) is 5.92. The number of amides is 1. The first-order valence-electron chi connectivity index (χ1n) is 6.71. The quantitative estimate of drug-likeness (QED) is 0.655. The van der Waals surface area contributed by atoms with Gasteiger partial charge in [-0.1, -0.05) is 11.6 Å². The normalized spacial score (nSPS) is 19.1. The summed E-state index contributed by atoms with van der Waals surface area (Å²) in [5, 5.41) is 0.529. The number of hydrazine groups is 1. The van der Waals surface area contributed by atoms with Crippen LogP contribution in [0.5, 0.6) is 0 Å². The van der Waals surface area contributed by atoms with E-state index < -0.39 is 0 Å². The maximum Gasteiger partial charge on any atom is 0.255 e. The number of benzene rings is 1. The van der Waals surface area contributed by atoms with Gasteiger partial charge in [-0.3, -0.25) is 10.6 Å². The van der Waals surface area contributed by atoms with Crippen molar-refractivity contribution >= 4 is 23.2 Å². The van der Waals surface area contributed by atoms with Gasteiger partial charge in [0, 0.05) is 25.2 Å². The van der Waals surface area contributed by atoms with Gasteiger partial charge in [0.15, 0.2) is 0 Å². The van der Waals surface area contributed by atoms with Crippen molar-refractivity contribution in [3.8, 4) is 0 Å². The Balaban J connectivity index is 2.08. The lowest BCUT2D eigenvalue weighted by Gasteiger charge is -2.22. The second kappa shape index (κ2) is 6.43. The molecule has 2 rings (SSSR count). The minimum atomic E-state index is -0.0602. The van der Waals surface area contributed by atoms with Crippen molar-refractivity contribution < 1.29 is 4.79 Å². The molecule has 20 heavy (non-hydrogen) atoms. The van der Waals surface area contributed by atoms with E-state index in [1.165, 1.54) is 0 Å². The lowest BCUT2D eigenvalue weighted by molar-refractivity contribution is 0.0775. The average molecular weight is 297 g/mol. The molecule has 1 aliphatic heterocycles. The molecule has 6 heteroatoms. The van der Waals surface area contributed by atoms with Crippen LogP contribution in [-0.2, 0) is 0 Å². The molecule has 1 aromatic carbocycles. The minimum Gasteiger partial charge on any atom is -0.341 e. The lowest BCUT2D eigenvalue weighted by atomic mass is 10.1. The number of hydrogen-bond acceptors (Lipinski definition) is 4. The third kappa shape index (κ3) is 3.42. The molecule has 0 spiro atoms. The van der Waals surface area contributed by atoms with E-state index in [-0.39, 0.29) is 5.91 Å². The average Bonchev–Trinajstić information content (AvgIpc) is 2.83.